The molecule has 0 spiro atoms. The van der Waals surface area contributed by atoms with Crippen LogP contribution >= 0.6 is 11.8 Å². The lowest BCUT2D eigenvalue weighted by Crippen LogP contribution is -2.08. The lowest BCUT2D eigenvalue weighted by Gasteiger charge is -2.10. The quantitative estimate of drug-likeness (QED) is 0.830. The van der Waals surface area contributed by atoms with Crippen molar-refractivity contribution in [3.63, 3.8) is 0 Å². The Labute approximate surface area is 94.9 Å². The zero-order valence-corrected chi connectivity index (χ0v) is 9.84. The van der Waals surface area contributed by atoms with Gasteiger partial charge >= 0.3 is 0 Å². The fourth-order valence-corrected chi connectivity index (χ4v) is 1.51. The van der Waals surface area contributed by atoms with Crippen molar-refractivity contribution < 1.29 is 0 Å². The second-order valence-electron chi connectivity index (χ2n) is 3.29. The van der Waals surface area contributed by atoms with Crippen molar-refractivity contribution >= 4 is 17.4 Å². The molecule has 3 nitrogen and oxygen atoms in total. The monoisotopic (exact) mass is 221 g/mol. The number of aromatic nitrogens is 1. The van der Waals surface area contributed by atoms with Gasteiger partial charge in [-0.1, -0.05) is 6.92 Å². The highest BCUT2D eigenvalue weighted by molar-refractivity contribution is 7.99. The Morgan fingerprint density at radius 1 is 1.67 bits per heavy atom. The van der Waals surface area contributed by atoms with Crippen molar-refractivity contribution in [3.8, 4) is 6.07 Å². The summed E-state index contributed by atoms with van der Waals surface area (Å²) in [4.78, 5) is 3.99. The van der Waals surface area contributed by atoms with Gasteiger partial charge in [-0.2, -0.15) is 17.0 Å². The summed E-state index contributed by atoms with van der Waals surface area (Å²) in [7, 11) is 0. The van der Waals surface area contributed by atoms with Gasteiger partial charge in [0.15, 0.2) is 0 Å². The summed E-state index contributed by atoms with van der Waals surface area (Å²) in [5, 5.41) is 12.7. The third kappa shape index (κ3) is 3.80. The topological polar surface area (TPSA) is 48.7 Å². The third-order valence-electron chi connectivity index (χ3n) is 2.21. The fraction of sp³-hybridized carbons (Fsp3) is 0.455. The molecule has 0 aliphatic heterocycles. The predicted molar refractivity (Wildman–Crippen MR) is 65.0 cm³/mol. The summed E-state index contributed by atoms with van der Waals surface area (Å²) in [6.07, 6.45) is 6.52. The summed E-state index contributed by atoms with van der Waals surface area (Å²) in [5.41, 5.74) is 1.48. The van der Waals surface area contributed by atoms with Crippen molar-refractivity contribution in [2.24, 2.45) is 0 Å². The zero-order chi connectivity index (χ0) is 11.1. The van der Waals surface area contributed by atoms with Gasteiger partial charge in [-0.15, -0.1) is 0 Å². The predicted octanol–water partition coefficient (Wildman–Crippen LogP) is 2.51. The van der Waals surface area contributed by atoms with Crippen LogP contribution in [0.3, 0.4) is 0 Å². The van der Waals surface area contributed by atoms with E-state index in [4.69, 9.17) is 5.26 Å². The molecule has 15 heavy (non-hydrogen) atoms. The van der Waals surface area contributed by atoms with Crippen LogP contribution in [0.1, 0.15) is 18.9 Å². The number of pyridine rings is 1. The molecule has 0 saturated carbocycles. The molecule has 0 bridgehead atoms. The van der Waals surface area contributed by atoms with Gasteiger partial charge in [-0.25, -0.2) is 0 Å². The highest BCUT2D eigenvalue weighted by atomic mass is 32.2. The van der Waals surface area contributed by atoms with Gasteiger partial charge < -0.3 is 5.32 Å². The van der Waals surface area contributed by atoms with Gasteiger partial charge in [0.1, 0.15) is 6.07 Å². The van der Waals surface area contributed by atoms with E-state index in [-0.39, 0.29) is 0 Å². The summed E-state index contributed by atoms with van der Waals surface area (Å²) < 4.78 is 0. The van der Waals surface area contributed by atoms with Crippen LogP contribution in [-0.4, -0.2) is 23.0 Å². The van der Waals surface area contributed by atoms with Crippen molar-refractivity contribution in [1.82, 2.24) is 4.98 Å². The molecule has 0 aliphatic rings. The van der Waals surface area contributed by atoms with Crippen molar-refractivity contribution in [1.29, 1.82) is 5.26 Å². The molecule has 1 aromatic heterocycles. The normalized spacial score (nSPS) is 11.8. The maximum Gasteiger partial charge on any atom is 0.101 e. The molecule has 4 heteroatoms. The largest absolute Gasteiger partial charge is 0.383 e. The Balaban J connectivity index is 2.47. The number of nitrogens with zero attached hydrogens (tertiary/aromatic N) is 2. The maximum atomic E-state index is 8.85. The lowest BCUT2D eigenvalue weighted by atomic mass is 10.2. The minimum Gasteiger partial charge on any atom is -0.383 e. The molecule has 0 fully saturated rings. The Morgan fingerprint density at radius 2 is 2.47 bits per heavy atom. The molecule has 0 amide bonds. The summed E-state index contributed by atoms with van der Waals surface area (Å²) in [6, 6.07) is 3.86. The molecule has 1 N–H and O–H groups in total. The van der Waals surface area contributed by atoms with Crippen LogP contribution in [0, 0.1) is 11.3 Å². The van der Waals surface area contributed by atoms with Gasteiger partial charge in [0.25, 0.3) is 0 Å². The first kappa shape index (κ1) is 11.9. The number of thioether (sulfide) groups is 1. The average molecular weight is 221 g/mol. The third-order valence-corrected chi connectivity index (χ3v) is 3.25. The van der Waals surface area contributed by atoms with Gasteiger partial charge in [0.05, 0.1) is 17.4 Å². The molecule has 80 valence electrons. The molecular formula is C11H15N3S. The Bertz CT molecular complexity index is 346. The van der Waals surface area contributed by atoms with Crippen LogP contribution in [-0.2, 0) is 0 Å². The SMILES string of the molecule is CSC(C)CCNc1cnccc1C#N. The van der Waals surface area contributed by atoms with E-state index in [9.17, 15) is 0 Å². The highest BCUT2D eigenvalue weighted by Crippen LogP contribution is 2.13. The maximum absolute atomic E-state index is 8.85. The minimum atomic E-state index is 0.639. The summed E-state index contributed by atoms with van der Waals surface area (Å²) >= 11 is 1.85. The number of nitriles is 1. The van der Waals surface area contributed by atoms with Crippen LogP contribution in [0.15, 0.2) is 18.5 Å². The first-order valence-corrected chi connectivity index (χ1v) is 6.17. The van der Waals surface area contributed by atoms with E-state index in [0.717, 1.165) is 18.7 Å². The number of anilines is 1. The number of hydrogen-bond acceptors (Lipinski definition) is 4. The fourth-order valence-electron chi connectivity index (χ4n) is 1.16. The van der Waals surface area contributed by atoms with Crippen LogP contribution < -0.4 is 5.32 Å². The molecule has 0 radical (unpaired) electrons. The first-order chi connectivity index (χ1) is 7.27. The van der Waals surface area contributed by atoms with Crippen LogP contribution in [0.2, 0.25) is 0 Å². The summed E-state index contributed by atoms with van der Waals surface area (Å²) in [5.74, 6) is 0. The number of nitrogens with one attached hydrogen (secondary N) is 1. The molecule has 1 rings (SSSR count). The Morgan fingerprint density at radius 3 is 3.13 bits per heavy atom. The van der Waals surface area contributed by atoms with E-state index < -0.39 is 0 Å². The Hall–Kier alpha value is -1.21. The highest BCUT2D eigenvalue weighted by Gasteiger charge is 2.02. The minimum absolute atomic E-state index is 0.639. The standard InChI is InChI=1S/C11H15N3S/c1-9(15-2)3-6-14-11-8-13-5-4-10(11)7-12/h4-5,8-9,14H,3,6H2,1-2H3. The number of hydrogen-bond donors (Lipinski definition) is 1. The van der Waals surface area contributed by atoms with Crippen LogP contribution in [0.5, 0.6) is 0 Å². The molecule has 1 unspecified atom stereocenters. The second kappa shape index (κ2) is 6.31. The second-order valence-corrected chi connectivity index (χ2v) is 4.57. The molecule has 1 aromatic rings. The van der Waals surface area contributed by atoms with Gasteiger partial charge in [-0.05, 0) is 18.7 Å². The van der Waals surface area contributed by atoms with E-state index in [1.165, 1.54) is 0 Å². The molecule has 1 heterocycles. The van der Waals surface area contributed by atoms with E-state index in [0.29, 0.717) is 10.8 Å². The van der Waals surface area contributed by atoms with Gasteiger partial charge in [0, 0.05) is 18.0 Å². The van der Waals surface area contributed by atoms with Crippen molar-refractivity contribution in [3.05, 3.63) is 24.0 Å². The summed E-state index contributed by atoms with van der Waals surface area (Å²) in [6.45, 7) is 3.07. The van der Waals surface area contributed by atoms with Crippen molar-refractivity contribution in [2.75, 3.05) is 18.1 Å². The van der Waals surface area contributed by atoms with Gasteiger partial charge in [-0.3, -0.25) is 4.98 Å². The molecule has 0 saturated heterocycles. The molecule has 1 atom stereocenters. The number of rotatable bonds is 5. The van der Waals surface area contributed by atoms with E-state index in [1.807, 2.05) is 11.8 Å². The molecule has 0 aliphatic carbocycles. The smallest absolute Gasteiger partial charge is 0.101 e. The van der Waals surface area contributed by atoms with Gasteiger partial charge in [0.2, 0.25) is 0 Å². The van der Waals surface area contributed by atoms with Crippen LogP contribution in [0.4, 0.5) is 5.69 Å². The average Bonchev–Trinajstić information content (AvgIpc) is 2.29. The van der Waals surface area contributed by atoms with E-state index in [2.05, 4.69) is 29.5 Å². The van der Waals surface area contributed by atoms with Crippen molar-refractivity contribution in [2.45, 2.75) is 18.6 Å². The molecular weight excluding hydrogens is 206 g/mol. The Kier molecular flexibility index (Phi) is 4.99. The van der Waals surface area contributed by atoms with E-state index >= 15 is 0 Å². The molecule has 0 aromatic carbocycles. The van der Waals surface area contributed by atoms with Crippen LogP contribution in [0.25, 0.3) is 0 Å². The first-order valence-electron chi connectivity index (χ1n) is 4.88. The van der Waals surface area contributed by atoms with E-state index in [1.54, 1.807) is 18.5 Å². The lowest BCUT2D eigenvalue weighted by molar-refractivity contribution is 0.853. The zero-order valence-electron chi connectivity index (χ0n) is 9.03.